The SMILES string of the molecule is C=CC(=O)N1CCN(C2NC(=O)N3C4NC(C(F)CC42)C2C(F)CCCC2NC(=O)CCSC2NCNC(C(C)C)C23)[C@@H]2C[C@@H]21. The number of fused-ring (bicyclic) bond motifs is 6. The normalized spacial score (nSPS) is 45.4. The van der Waals surface area contributed by atoms with Crippen LogP contribution in [0.5, 0.6) is 0 Å². The zero-order valence-corrected chi connectivity index (χ0v) is 27.0. The first-order valence-corrected chi connectivity index (χ1v) is 17.9. The molecule has 13 atom stereocenters. The number of nitrogens with zero attached hydrogens (tertiary/aromatic N) is 3. The van der Waals surface area contributed by atoms with Gasteiger partial charge in [-0.05, 0) is 44.1 Å². The summed E-state index contributed by atoms with van der Waals surface area (Å²) in [4.78, 5) is 46.0. The molecule has 2 saturated carbocycles. The minimum absolute atomic E-state index is 0.0494. The molecule has 5 aliphatic heterocycles. The predicted octanol–water partition coefficient (Wildman–Crippen LogP) is 1.08. The second kappa shape index (κ2) is 12.6. The Morgan fingerprint density at radius 2 is 1.87 bits per heavy atom. The van der Waals surface area contributed by atoms with E-state index < -0.39 is 42.7 Å². The van der Waals surface area contributed by atoms with Gasteiger partial charge < -0.3 is 20.4 Å². The molecule has 0 aromatic rings. The van der Waals surface area contributed by atoms with Crippen molar-refractivity contribution in [1.29, 1.82) is 0 Å². The zero-order chi connectivity index (χ0) is 31.6. The van der Waals surface area contributed by atoms with Crippen molar-refractivity contribution in [2.24, 2.45) is 17.8 Å². The topological polar surface area (TPSA) is 121 Å². The average molecular weight is 651 g/mol. The molecule has 11 nitrogen and oxygen atoms in total. The number of piperazine rings is 1. The van der Waals surface area contributed by atoms with Crippen LogP contribution in [0.2, 0.25) is 0 Å². The summed E-state index contributed by atoms with van der Waals surface area (Å²) >= 11 is 1.64. The minimum atomic E-state index is -1.36. The highest BCUT2D eigenvalue weighted by Gasteiger charge is 2.60. The lowest BCUT2D eigenvalue weighted by molar-refractivity contribution is -0.130. The number of alkyl halides is 2. The van der Waals surface area contributed by atoms with Gasteiger partial charge in [0.05, 0.1) is 23.7 Å². The van der Waals surface area contributed by atoms with E-state index in [1.165, 1.54) is 6.08 Å². The van der Waals surface area contributed by atoms with Crippen LogP contribution in [0, 0.1) is 17.8 Å². The van der Waals surface area contributed by atoms with Gasteiger partial charge in [-0.3, -0.25) is 30.4 Å². The van der Waals surface area contributed by atoms with Crippen LogP contribution in [-0.4, -0.2) is 124 Å². The molecule has 11 unspecified atom stereocenters. The fourth-order valence-electron chi connectivity index (χ4n) is 9.32. The Kier molecular flexibility index (Phi) is 8.81. The van der Waals surface area contributed by atoms with E-state index in [1.54, 1.807) is 11.8 Å². The number of thioether (sulfide) groups is 1. The van der Waals surface area contributed by atoms with Gasteiger partial charge in [0.15, 0.2) is 0 Å². The van der Waals surface area contributed by atoms with E-state index in [4.69, 9.17) is 0 Å². The predicted molar refractivity (Wildman–Crippen MR) is 167 cm³/mol. The zero-order valence-electron chi connectivity index (χ0n) is 26.2. The summed E-state index contributed by atoms with van der Waals surface area (Å²) in [6.45, 7) is 9.58. The molecule has 7 fully saturated rings. The molecule has 0 spiro atoms. The quantitative estimate of drug-likeness (QED) is 0.288. The van der Waals surface area contributed by atoms with Crippen molar-refractivity contribution in [3.8, 4) is 0 Å². The number of rotatable bonds is 3. The Morgan fingerprint density at radius 3 is 2.64 bits per heavy atom. The highest BCUT2D eigenvalue weighted by molar-refractivity contribution is 7.99. The van der Waals surface area contributed by atoms with Gasteiger partial charge in [0, 0.05) is 74.0 Å². The smallest absolute Gasteiger partial charge is 0.320 e. The van der Waals surface area contributed by atoms with Crippen molar-refractivity contribution >= 4 is 29.6 Å². The van der Waals surface area contributed by atoms with Crippen LogP contribution in [-0.2, 0) is 9.59 Å². The van der Waals surface area contributed by atoms with E-state index in [0.717, 1.165) is 6.42 Å². The summed E-state index contributed by atoms with van der Waals surface area (Å²) in [5, 5.41) is 16.9. The number of hydrogen-bond acceptors (Lipinski definition) is 8. The molecule has 14 heteroatoms. The van der Waals surface area contributed by atoms with E-state index in [2.05, 4.69) is 51.9 Å². The maximum Gasteiger partial charge on any atom is 0.320 e. The van der Waals surface area contributed by atoms with Crippen molar-refractivity contribution in [2.75, 3.05) is 25.5 Å². The van der Waals surface area contributed by atoms with E-state index >= 15 is 8.78 Å². The third kappa shape index (κ3) is 5.66. The van der Waals surface area contributed by atoms with E-state index in [-0.39, 0.29) is 72.1 Å². The Hall–Kier alpha value is -2.00. The highest BCUT2D eigenvalue weighted by atomic mass is 32.2. The van der Waals surface area contributed by atoms with Crippen LogP contribution >= 0.6 is 11.8 Å². The number of piperidine rings is 1. The molecule has 45 heavy (non-hydrogen) atoms. The third-order valence-electron chi connectivity index (χ3n) is 11.5. The average Bonchev–Trinajstić information content (AvgIpc) is 3.81. The van der Waals surface area contributed by atoms with Gasteiger partial charge in [0.25, 0.3) is 0 Å². The van der Waals surface area contributed by atoms with Crippen molar-refractivity contribution in [3.63, 3.8) is 0 Å². The Balaban J connectivity index is 1.26. The molecule has 5 N–H and O–H groups in total. The lowest BCUT2D eigenvalue weighted by atomic mass is 9.72. The fourth-order valence-corrected chi connectivity index (χ4v) is 10.6. The van der Waals surface area contributed by atoms with Crippen LogP contribution in [0.4, 0.5) is 13.6 Å². The minimum Gasteiger partial charge on any atom is -0.353 e. The van der Waals surface area contributed by atoms with E-state index in [0.29, 0.717) is 44.8 Å². The summed E-state index contributed by atoms with van der Waals surface area (Å²) in [6, 6.07) is -1.74. The number of amides is 4. The standard InChI is InChI=1S/C31H48F2N8O3S/c1-4-23(43)39-9-10-40(21-13-20(21)39)28-16-12-18(33)26-24-17(32)6-5-7-19(24)36-22(42)8-11-45-30-27(25(15(2)3)34-14-35-30)41(29(16)37-26)31(44)38-28/h4,15-21,24-30,34-35,37H,1,5-14H2,2-3H3,(H,36,42)(H,38,44)/t16?,17?,18?,19?,20-,21+,24?,25?,26?,27?,28?,29?,30?/m0/s1. The molecular weight excluding hydrogens is 602 g/mol. The van der Waals surface area contributed by atoms with Crippen molar-refractivity contribution in [3.05, 3.63) is 12.7 Å². The summed E-state index contributed by atoms with van der Waals surface area (Å²) in [6.07, 6.45) is 0.608. The third-order valence-corrected chi connectivity index (χ3v) is 12.7. The monoisotopic (exact) mass is 650 g/mol. The number of carbonyl (C=O) groups is 3. The van der Waals surface area contributed by atoms with Gasteiger partial charge in [0.1, 0.15) is 12.3 Å². The van der Waals surface area contributed by atoms with Gasteiger partial charge in [-0.1, -0.05) is 20.4 Å². The molecule has 4 amide bonds. The molecule has 2 bridgehead atoms. The Bertz CT molecular complexity index is 1180. The maximum atomic E-state index is 16.6. The maximum absolute atomic E-state index is 16.6. The Labute approximate surface area is 268 Å². The highest BCUT2D eigenvalue weighted by Crippen LogP contribution is 2.45. The van der Waals surface area contributed by atoms with Crippen LogP contribution < -0.4 is 26.6 Å². The second-order valence-corrected chi connectivity index (χ2v) is 15.5. The van der Waals surface area contributed by atoms with Crippen LogP contribution in [0.3, 0.4) is 0 Å². The lowest BCUT2D eigenvalue weighted by Gasteiger charge is -2.59. The first kappa shape index (κ1) is 31.6. The van der Waals surface area contributed by atoms with Gasteiger partial charge in [-0.25, -0.2) is 13.6 Å². The van der Waals surface area contributed by atoms with Gasteiger partial charge >= 0.3 is 6.03 Å². The molecular formula is C31H48F2N8O3S. The summed E-state index contributed by atoms with van der Waals surface area (Å²) in [7, 11) is 0. The summed E-state index contributed by atoms with van der Waals surface area (Å²) < 4.78 is 32.5. The molecule has 2 aliphatic carbocycles. The van der Waals surface area contributed by atoms with Crippen LogP contribution in [0.1, 0.15) is 52.4 Å². The van der Waals surface area contributed by atoms with Crippen LogP contribution in [0.15, 0.2) is 12.7 Å². The molecule has 250 valence electrons. The molecule has 0 radical (unpaired) electrons. The first-order chi connectivity index (χ1) is 21.7. The van der Waals surface area contributed by atoms with Gasteiger partial charge in [0.2, 0.25) is 11.8 Å². The largest absolute Gasteiger partial charge is 0.353 e. The number of urea groups is 1. The van der Waals surface area contributed by atoms with Crippen molar-refractivity contribution < 1.29 is 23.2 Å². The molecule has 0 aromatic heterocycles. The fraction of sp³-hybridized carbons (Fsp3) is 0.839. The van der Waals surface area contributed by atoms with E-state index in [1.807, 2.05) is 9.80 Å². The molecule has 5 saturated heterocycles. The molecule has 7 rings (SSSR count). The number of nitrogens with one attached hydrogen (secondary N) is 5. The molecule has 7 aliphatic rings. The number of halogens is 2. The summed E-state index contributed by atoms with van der Waals surface area (Å²) in [5.41, 5.74) is 0. The van der Waals surface area contributed by atoms with Crippen molar-refractivity contribution in [1.82, 2.24) is 41.3 Å². The lowest BCUT2D eigenvalue weighted by Crippen LogP contribution is -2.81. The van der Waals surface area contributed by atoms with E-state index in [9.17, 15) is 14.4 Å². The van der Waals surface area contributed by atoms with Gasteiger partial charge in [-0.2, -0.15) is 0 Å². The molecule has 5 heterocycles. The van der Waals surface area contributed by atoms with Crippen LogP contribution in [0.25, 0.3) is 0 Å². The second-order valence-electron chi connectivity index (χ2n) is 14.3. The summed E-state index contributed by atoms with van der Waals surface area (Å²) in [5.74, 6) is -0.512. The number of hydrogen-bond donors (Lipinski definition) is 5. The first-order valence-electron chi connectivity index (χ1n) is 16.9. The number of carbonyl (C=O) groups excluding carboxylic acids is 3. The Morgan fingerprint density at radius 1 is 1.04 bits per heavy atom. The molecule has 0 aromatic carbocycles. The van der Waals surface area contributed by atoms with Gasteiger partial charge in [-0.15, -0.1) is 11.8 Å². The van der Waals surface area contributed by atoms with Crippen molar-refractivity contribution in [2.45, 2.75) is 119 Å².